The molecule has 0 unspecified atom stereocenters. The molecular formula is C13H13NO3. The van der Waals surface area contributed by atoms with Crippen LogP contribution >= 0.6 is 0 Å². The van der Waals surface area contributed by atoms with Crippen LogP contribution < -0.4 is 4.74 Å². The topological polar surface area (TPSA) is 48.3 Å². The Morgan fingerprint density at radius 3 is 2.59 bits per heavy atom. The summed E-state index contributed by atoms with van der Waals surface area (Å²) in [5.41, 5.74) is 1.31. The number of rotatable bonds is 3. The van der Waals surface area contributed by atoms with E-state index in [4.69, 9.17) is 4.74 Å². The molecule has 0 aliphatic heterocycles. The highest BCUT2D eigenvalue weighted by atomic mass is 16.5. The van der Waals surface area contributed by atoms with Crippen molar-refractivity contribution in [3.8, 4) is 5.75 Å². The molecule has 1 aromatic carbocycles. The predicted molar refractivity (Wildman–Crippen MR) is 64.5 cm³/mol. The van der Waals surface area contributed by atoms with Crippen molar-refractivity contribution in [1.29, 1.82) is 0 Å². The first-order valence-electron chi connectivity index (χ1n) is 5.23. The van der Waals surface area contributed by atoms with Gasteiger partial charge in [0.05, 0.1) is 18.2 Å². The zero-order valence-electron chi connectivity index (χ0n) is 9.98. The number of aromatic nitrogens is 1. The maximum atomic E-state index is 11.7. The summed E-state index contributed by atoms with van der Waals surface area (Å²) >= 11 is 0. The van der Waals surface area contributed by atoms with Gasteiger partial charge < -0.3 is 9.30 Å². The molecule has 0 atom stereocenters. The van der Waals surface area contributed by atoms with E-state index >= 15 is 0 Å². The number of hydrogen-bond donors (Lipinski definition) is 0. The van der Waals surface area contributed by atoms with E-state index in [1.54, 1.807) is 25.4 Å². The third-order valence-electron chi connectivity index (χ3n) is 2.76. The third kappa shape index (κ3) is 1.82. The summed E-state index contributed by atoms with van der Waals surface area (Å²) in [6.07, 6.45) is 1.67. The number of carbonyl (C=O) groups excluding carboxylic acids is 2. The van der Waals surface area contributed by atoms with Crippen LogP contribution in [-0.4, -0.2) is 23.2 Å². The normalized spacial score (nSPS) is 10.5. The summed E-state index contributed by atoms with van der Waals surface area (Å²) in [6.45, 7) is 1.28. The lowest BCUT2D eigenvalue weighted by Gasteiger charge is -2.01. The predicted octanol–water partition coefficient (Wildman–Crippen LogP) is 1.96. The number of hydrogen-bond acceptors (Lipinski definition) is 3. The number of ether oxygens (including phenoxy) is 1. The molecule has 1 heterocycles. The third-order valence-corrected chi connectivity index (χ3v) is 2.76. The molecule has 0 saturated carbocycles. The van der Waals surface area contributed by atoms with E-state index in [9.17, 15) is 9.59 Å². The van der Waals surface area contributed by atoms with Gasteiger partial charge in [-0.3, -0.25) is 9.59 Å². The summed E-state index contributed by atoms with van der Waals surface area (Å²) in [7, 11) is 3.42. The van der Waals surface area contributed by atoms with Gasteiger partial charge in [-0.25, -0.2) is 0 Å². The Morgan fingerprint density at radius 1 is 1.29 bits per heavy atom. The SMILES string of the molecule is COc1ccc2c(C(=O)C(C)=O)cn(C)c2c1. The number of fused-ring (bicyclic) bond motifs is 1. The maximum absolute atomic E-state index is 11.7. The molecule has 4 nitrogen and oxygen atoms in total. The molecule has 2 rings (SSSR count). The second kappa shape index (κ2) is 4.05. The number of Topliss-reactive ketones (excluding diaryl/α,β-unsaturated/α-hetero) is 2. The minimum absolute atomic E-state index is 0.442. The van der Waals surface area contributed by atoms with Gasteiger partial charge in [-0.1, -0.05) is 0 Å². The van der Waals surface area contributed by atoms with Crippen molar-refractivity contribution in [3.05, 3.63) is 30.0 Å². The van der Waals surface area contributed by atoms with Gasteiger partial charge in [0.1, 0.15) is 5.75 Å². The van der Waals surface area contributed by atoms with Gasteiger partial charge in [0.2, 0.25) is 5.78 Å². The lowest BCUT2D eigenvalue weighted by atomic mass is 10.1. The van der Waals surface area contributed by atoms with Crippen molar-refractivity contribution >= 4 is 22.5 Å². The highest BCUT2D eigenvalue weighted by Gasteiger charge is 2.17. The zero-order valence-corrected chi connectivity index (χ0v) is 9.98. The molecule has 2 aromatic rings. The van der Waals surface area contributed by atoms with Crippen LogP contribution in [0.4, 0.5) is 0 Å². The van der Waals surface area contributed by atoms with E-state index in [0.717, 1.165) is 16.7 Å². The fraction of sp³-hybridized carbons (Fsp3) is 0.231. The fourth-order valence-corrected chi connectivity index (χ4v) is 1.86. The van der Waals surface area contributed by atoms with Crippen LogP contribution in [0.1, 0.15) is 17.3 Å². The lowest BCUT2D eigenvalue weighted by Crippen LogP contribution is -2.08. The molecule has 0 fully saturated rings. The standard InChI is InChI=1S/C13H13NO3/c1-8(15)13(16)11-7-14(2)12-6-9(17-3)4-5-10(11)12/h4-7H,1-3H3. The van der Waals surface area contributed by atoms with Crippen molar-refractivity contribution < 1.29 is 14.3 Å². The Bertz CT molecular complexity index is 610. The van der Waals surface area contributed by atoms with Gasteiger partial charge >= 0.3 is 0 Å². The molecule has 0 amide bonds. The van der Waals surface area contributed by atoms with Crippen molar-refractivity contribution in [3.63, 3.8) is 0 Å². The number of carbonyl (C=O) groups is 2. The number of nitrogens with zero attached hydrogens (tertiary/aromatic N) is 1. The van der Waals surface area contributed by atoms with Gasteiger partial charge in [0, 0.05) is 31.6 Å². The molecule has 1 aromatic heterocycles. The van der Waals surface area contributed by atoms with E-state index in [2.05, 4.69) is 0 Å². The molecular weight excluding hydrogens is 218 g/mol. The van der Waals surface area contributed by atoms with Crippen LogP contribution in [0.5, 0.6) is 5.75 Å². The van der Waals surface area contributed by atoms with Crippen LogP contribution in [0.15, 0.2) is 24.4 Å². The van der Waals surface area contributed by atoms with Crippen LogP contribution in [0.3, 0.4) is 0 Å². The molecule has 0 N–H and O–H groups in total. The van der Waals surface area contributed by atoms with E-state index in [0.29, 0.717) is 5.56 Å². The molecule has 88 valence electrons. The van der Waals surface area contributed by atoms with Gasteiger partial charge in [-0.05, 0) is 12.1 Å². The summed E-state index contributed by atoms with van der Waals surface area (Å²) in [5, 5.41) is 0.772. The summed E-state index contributed by atoms with van der Waals surface area (Å²) in [6, 6.07) is 5.41. The van der Waals surface area contributed by atoms with Gasteiger partial charge in [-0.15, -0.1) is 0 Å². The quantitative estimate of drug-likeness (QED) is 0.599. The lowest BCUT2D eigenvalue weighted by molar-refractivity contribution is -0.113. The van der Waals surface area contributed by atoms with Gasteiger partial charge in [0.15, 0.2) is 5.78 Å². The fourth-order valence-electron chi connectivity index (χ4n) is 1.86. The van der Waals surface area contributed by atoms with Gasteiger partial charge in [0.25, 0.3) is 0 Å². The highest BCUT2D eigenvalue weighted by molar-refractivity contribution is 6.45. The van der Waals surface area contributed by atoms with Crippen molar-refractivity contribution in [2.24, 2.45) is 7.05 Å². The number of benzene rings is 1. The van der Waals surface area contributed by atoms with E-state index in [1.807, 2.05) is 17.7 Å². The van der Waals surface area contributed by atoms with E-state index < -0.39 is 11.6 Å². The Morgan fingerprint density at radius 2 is 2.00 bits per heavy atom. The van der Waals surface area contributed by atoms with E-state index in [1.165, 1.54) is 6.92 Å². The minimum Gasteiger partial charge on any atom is -0.497 e. The van der Waals surface area contributed by atoms with Crippen LogP contribution in [0.2, 0.25) is 0 Å². The Balaban J connectivity index is 2.68. The first kappa shape index (κ1) is 11.4. The zero-order chi connectivity index (χ0) is 12.6. The van der Waals surface area contributed by atoms with Crippen molar-refractivity contribution in [2.75, 3.05) is 7.11 Å². The van der Waals surface area contributed by atoms with Crippen molar-refractivity contribution in [2.45, 2.75) is 6.92 Å². The van der Waals surface area contributed by atoms with Crippen LogP contribution in [-0.2, 0) is 11.8 Å². The average molecular weight is 231 g/mol. The summed E-state index contributed by atoms with van der Waals surface area (Å²) < 4.78 is 6.94. The Kier molecular flexibility index (Phi) is 2.71. The number of aryl methyl sites for hydroxylation is 1. The Labute approximate surface area is 98.8 Å². The molecule has 0 aliphatic carbocycles. The molecule has 0 bridgehead atoms. The van der Waals surface area contributed by atoms with E-state index in [-0.39, 0.29) is 0 Å². The monoisotopic (exact) mass is 231 g/mol. The molecule has 0 radical (unpaired) electrons. The minimum atomic E-state index is -0.458. The molecule has 4 heteroatoms. The summed E-state index contributed by atoms with van der Waals surface area (Å²) in [4.78, 5) is 22.9. The Hall–Kier alpha value is -2.10. The van der Waals surface area contributed by atoms with Crippen LogP contribution in [0.25, 0.3) is 10.9 Å². The highest BCUT2D eigenvalue weighted by Crippen LogP contribution is 2.25. The van der Waals surface area contributed by atoms with Crippen LogP contribution in [0, 0.1) is 0 Å². The number of methoxy groups -OCH3 is 1. The smallest absolute Gasteiger partial charge is 0.230 e. The number of ketones is 2. The largest absolute Gasteiger partial charge is 0.497 e. The first-order valence-corrected chi connectivity index (χ1v) is 5.23. The van der Waals surface area contributed by atoms with Gasteiger partial charge in [-0.2, -0.15) is 0 Å². The average Bonchev–Trinajstić information content (AvgIpc) is 2.65. The second-order valence-corrected chi connectivity index (χ2v) is 3.92. The molecule has 0 saturated heterocycles. The first-order chi connectivity index (χ1) is 8.04. The molecule has 0 spiro atoms. The molecule has 17 heavy (non-hydrogen) atoms. The summed E-state index contributed by atoms with van der Waals surface area (Å²) in [5.74, 6) is -0.186. The second-order valence-electron chi connectivity index (χ2n) is 3.92. The van der Waals surface area contributed by atoms with Crippen molar-refractivity contribution in [1.82, 2.24) is 4.57 Å². The molecule has 0 aliphatic rings. The maximum Gasteiger partial charge on any atom is 0.230 e.